The van der Waals surface area contributed by atoms with Gasteiger partial charge in [0.25, 0.3) is 0 Å². The molecule has 0 aliphatic heterocycles. The van der Waals surface area contributed by atoms with Gasteiger partial charge in [0.1, 0.15) is 12.1 Å². The van der Waals surface area contributed by atoms with E-state index in [9.17, 15) is 0 Å². The van der Waals surface area contributed by atoms with Gasteiger partial charge < -0.3 is 11.1 Å². The highest BCUT2D eigenvalue weighted by atomic mass is 15.0. The van der Waals surface area contributed by atoms with Crippen LogP contribution in [0.3, 0.4) is 0 Å². The van der Waals surface area contributed by atoms with Gasteiger partial charge in [0.05, 0.1) is 5.52 Å². The molecule has 4 nitrogen and oxygen atoms in total. The number of rotatable bonds is 3. The van der Waals surface area contributed by atoms with E-state index in [-0.39, 0.29) is 0 Å². The van der Waals surface area contributed by atoms with Gasteiger partial charge in [-0.15, -0.1) is 0 Å². The van der Waals surface area contributed by atoms with Crippen molar-refractivity contribution in [1.29, 1.82) is 0 Å². The average molecular weight is 264 g/mol. The summed E-state index contributed by atoms with van der Waals surface area (Å²) in [6, 6.07) is 14.1. The van der Waals surface area contributed by atoms with E-state index >= 15 is 0 Å². The Balaban J connectivity index is 1.85. The number of nitrogen functional groups attached to an aromatic ring is 1. The summed E-state index contributed by atoms with van der Waals surface area (Å²) in [5.74, 6) is 0.829. The standard InChI is InChI=1S/C16H16N4/c1-11-2-4-12(5-3-11)9-18-16-14-7-6-13(17)8-15(14)19-10-20-16/h2-8,10H,9,17H2,1H3,(H,18,19,20). The van der Waals surface area contributed by atoms with Crippen LogP contribution in [0.25, 0.3) is 10.9 Å². The minimum atomic E-state index is 0.709. The van der Waals surface area contributed by atoms with Crippen molar-refractivity contribution in [3.63, 3.8) is 0 Å². The molecule has 0 fully saturated rings. The predicted molar refractivity (Wildman–Crippen MR) is 82.5 cm³/mol. The SMILES string of the molecule is Cc1ccc(CNc2ncnc3cc(N)ccc23)cc1. The molecule has 0 unspecified atom stereocenters. The van der Waals surface area contributed by atoms with Gasteiger partial charge in [-0.3, -0.25) is 0 Å². The first-order valence-electron chi connectivity index (χ1n) is 6.52. The van der Waals surface area contributed by atoms with E-state index in [0.29, 0.717) is 5.69 Å². The maximum absolute atomic E-state index is 5.77. The van der Waals surface area contributed by atoms with Gasteiger partial charge in [0.2, 0.25) is 0 Å². The lowest BCUT2D eigenvalue weighted by Crippen LogP contribution is -2.02. The number of nitrogens with zero attached hydrogens (tertiary/aromatic N) is 2. The summed E-state index contributed by atoms with van der Waals surface area (Å²) in [6.07, 6.45) is 1.55. The molecule has 0 radical (unpaired) electrons. The fraction of sp³-hybridized carbons (Fsp3) is 0.125. The summed E-state index contributed by atoms with van der Waals surface area (Å²) in [4.78, 5) is 8.54. The first-order valence-corrected chi connectivity index (χ1v) is 6.52. The molecule has 0 saturated carbocycles. The molecule has 1 heterocycles. The van der Waals surface area contributed by atoms with Crippen LogP contribution >= 0.6 is 0 Å². The lowest BCUT2D eigenvalue weighted by molar-refractivity contribution is 1.10. The molecule has 3 N–H and O–H groups in total. The fourth-order valence-corrected chi connectivity index (χ4v) is 2.11. The van der Waals surface area contributed by atoms with Crippen LogP contribution in [-0.4, -0.2) is 9.97 Å². The van der Waals surface area contributed by atoms with Gasteiger partial charge in [0.15, 0.2) is 0 Å². The molecule has 0 aliphatic carbocycles. The predicted octanol–water partition coefficient (Wildman–Crippen LogP) is 3.13. The lowest BCUT2D eigenvalue weighted by atomic mass is 10.1. The van der Waals surface area contributed by atoms with Gasteiger partial charge >= 0.3 is 0 Å². The molecule has 3 aromatic rings. The number of fused-ring (bicyclic) bond motifs is 1. The number of nitrogens with one attached hydrogen (secondary N) is 1. The van der Waals surface area contributed by atoms with Crippen molar-refractivity contribution in [2.24, 2.45) is 0 Å². The molecular weight excluding hydrogens is 248 g/mol. The molecule has 2 aromatic carbocycles. The third kappa shape index (κ3) is 2.54. The Kier molecular flexibility index (Phi) is 3.21. The molecule has 3 rings (SSSR count). The molecule has 4 heteroatoms. The third-order valence-corrected chi connectivity index (χ3v) is 3.24. The van der Waals surface area contributed by atoms with E-state index in [2.05, 4.69) is 46.5 Å². The van der Waals surface area contributed by atoms with Crippen LogP contribution in [0.4, 0.5) is 11.5 Å². The normalized spacial score (nSPS) is 10.7. The number of benzene rings is 2. The maximum atomic E-state index is 5.77. The summed E-state index contributed by atoms with van der Waals surface area (Å²) in [7, 11) is 0. The number of hydrogen-bond acceptors (Lipinski definition) is 4. The summed E-state index contributed by atoms with van der Waals surface area (Å²) in [5, 5.41) is 4.33. The second kappa shape index (κ2) is 5.17. The molecule has 0 saturated heterocycles. The second-order valence-corrected chi connectivity index (χ2v) is 4.84. The Labute approximate surface area is 117 Å². The van der Waals surface area contributed by atoms with Gasteiger partial charge in [-0.1, -0.05) is 29.8 Å². The minimum absolute atomic E-state index is 0.709. The lowest BCUT2D eigenvalue weighted by Gasteiger charge is -2.09. The Morgan fingerprint density at radius 1 is 1.05 bits per heavy atom. The molecule has 0 bridgehead atoms. The molecule has 100 valence electrons. The van der Waals surface area contributed by atoms with E-state index in [0.717, 1.165) is 23.3 Å². The van der Waals surface area contributed by atoms with Crippen LogP contribution in [0.5, 0.6) is 0 Å². The van der Waals surface area contributed by atoms with E-state index in [1.807, 2.05) is 18.2 Å². The minimum Gasteiger partial charge on any atom is -0.399 e. The van der Waals surface area contributed by atoms with Crippen molar-refractivity contribution in [3.8, 4) is 0 Å². The van der Waals surface area contributed by atoms with E-state index in [1.165, 1.54) is 11.1 Å². The zero-order chi connectivity index (χ0) is 13.9. The summed E-state index contributed by atoms with van der Waals surface area (Å²) in [6.45, 7) is 2.82. The van der Waals surface area contributed by atoms with Crippen LogP contribution < -0.4 is 11.1 Å². The van der Waals surface area contributed by atoms with Crippen LogP contribution in [0.2, 0.25) is 0 Å². The van der Waals surface area contributed by atoms with Crippen LogP contribution in [0, 0.1) is 6.92 Å². The van der Waals surface area contributed by atoms with Crippen LogP contribution in [0.1, 0.15) is 11.1 Å². The monoisotopic (exact) mass is 264 g/mol. The number of hydrogen-bond donors (Lipinski definition) is 2. The first-order chi connectivity index (χ1) is 9.72. The smallest absolute Gasteiger partial charge is 0.137 e. The fourth-order valence-electron chi connectivity index (χ4n) is 2.11. The van der Waals surface area contributed by atoms with E-state index in [4.69, 9.17) is 5.73 Å². The number of aryl methyl sites for hydroxylation is 1. The molecule has 0 atom stereocenters. The molecule has 0 spiro atoms. The molecule has 1 aromatic heterocycles. The molecule has 0 amide bonds. The van der Waals surface area contributed by atoms with Crippen molar-refractivity contribution in [2.45, 2.75) is 13.5 Å². The van der Waals surface area contributed by atoms with Crippen molar-refractivity contribution >= 4 is 22.4 Å². The number of nitrogens with two attached hydrogens (primary N) is 1. The average Bonchev–Trinajstić information content (AvgIpc) is 2.46. The van der Waals surface area contributed by atoms with Gasteiger partial charge in [-0.05, 0) is 30.7 Å². The Hall–Kier alpha value is -2.62. The van der Waals surface area contributed by atoms with Crippen molar-refractivity contribution < 1.29 is 0 Å². The highest BCUT2D eigenvalue weighted by molar-refractivity contribution is 5.90. The van der Waals surface area contributed by atoms with Crippen LogP contribution in [0.15, 0.2) is 48.8 Å². The quantitative estimate of drug-likeness (QED) is 0.713. The number of aromatic nitrogens is 2. The molecule has 20 heavy (non-hydrogen) atoms. The highest BCUT2D eigenvalue weighted by Gasteiger charge is 2.03. The Morgan fingerprint density at radius 3 is 2.65 bits per heavy atom. The summed E-state index contributed by atoms with van der Waals surface area (Å²) >= 11 is 0. The van der Waals surface area contributed by atoms with E-state index < -0.39 is 0 Å². The van der Waals surface area contributed by atoms with Crippen molar-refractivity contribution in [3.05, 3.63) is 59.9 Å². The summed E-state index contributed by atoms with van der Waals surface area (Å²) in [5.41, 5.74) is 9.82. The Bertz CT molecular complexity index is 735. The Morgan fingerprint density at radius 2 is 1.85 bits per heavy atom. The zero-order valence-corrected chi connectivity index (χ0v) is 11.3. The van der Waals surface area contributed by atoms with Crippen molar-refractivity contribution in [1.82, 2.24) is 9.97 Å². The van der Waals surface area contributed by atoms with E-state index in [1.54, 1.807) is 6.33 Å². The van der Waals surface area contributed by atoms with Gasteiger partial charge in [-0.2, -0.15) is 0 Å². The maximum Gasteiger partial charge on any atom is 0.137 e. The van der Waals surface area contributed by atoms with Gasteiger partial charge in [0, 0.05) is 17.6 Å². The summed E-state index contributed by atoms with van der Waals surface area (Å²) < 4.78 is 0. The highest BCUT2D eigenvalue weighted by Crippen LogP contribution is 2.21. The second-order valence-electron chi connectivity index (χ2n) is 4.84. The van der Waals surface area contributed by atoms with Crippen molar-refractivity contribution in [2.75, 3.05) is 11.1 Å². The van der Waals surface area contributed by atoms with Gasteiger partial charge in [-0.25, -0.2) is 9.97 Å². The molecular formula is C16H16N4. The molecule has 0 aliphatic rings. The number of anilines is 2. The topological polar surface area (TPSA) is 63.8 Å². The third-order valence-electron chi connectivity index (χ3n) is 3.24. The zero-order valence-electron chi connectivity index (χ0n) is 11.3. The van der Waals surface area contributed by atoms with Crippen LogP contribution in [-0.2, 0) is 6.54 Å². The largest absolute Gasteiger partial charge is 0.399 e. The first kappa shape index (κ1) is 12.4.